The van der Waals surface area contributed by atoms with E-state index in [-0.39, 0.29) is 0 Å². The van der Waals surface area contributed by atoms with Gasteiger partial charge in [-0.1, -0.05) is 54.6 Å². The number of nitrogens with one attached hydrogen (secondary N) is 1. The van der Waals surface area contributed by atoms with Crippen molar-refractivity contribution in [2.75, 3.05) is 0 Å². The van der Waals surface area contributed by atoms with Gasteiger partial charge in [-0.2, -0.15) is 0 Å². The van der Waals surface area contributed by atoms with E-state index in [0.29, 0.717) is 0 Å². The first-order valence-corrected chi connectivity index (χ1v) is 7.68. The standard InChI is InChI=1S/C21H15N/c1-2-5-17-15(4-1)12-20-18(6-3-7-19(17)20)16-9-8-14-10-11-22-21(14)13-16/h1-11,13,22H,12H2. The Kier molecular flexibility index (Phi) is 2.33. The minimum Gasteiger partial charge on any atom is -0.361 e. The fraction of sp³-hybridized carbons (Fsp3) is 0.0476. The number of hydrogen-bond acceptors (Lipinski definition) is 0. The van der Waals surface area contributed by atoms with Crippen molar-refractivity contribution in [1.82, 2.24) is 4.98 Å². The Labute approximate surface area is 129 Å². The van der Waals surface area contributed by atoms with E-state index in [0.717, 1.165) is 6.42 Å². The van der Waals surface area contributed by atoms with E-state index in [4.69, 9.17) is 0 Å². The van der Waals surface area contributed by atoms with Gasteiger partial charge in [-0.05, 0) is 57.3 Å². The van der Waals surface area contributed by atoms with Gasteiger partial charge in [-0.15, -0.1) is 0 Å². The van der Waals surface area contributed by atoms with Gasteiger partial charge in [0.05, 0.1) is 0 Å². The van der Waals surface area contributed by atoms with E-state index in [1.807, 2.05) is 6.20 Å². The maximum Gasteiger partial charge on any atom is 0.0460 e. The van der Waals surface area contributed by atoms with Gasteiger partial charge in [-0.3, -0.25) is 0 Å². The molecule has 1 heterocycles. The lowest BCUT2D eigenvalue weighted by Gasteiger charge is -2.09. The van der Waals surface area contributed by atoms with Crippen LogP contribution >= 0.6 is 0 Å². The second-order valence-electron chi connectivity index (χ2n) is 5.95. The third-order valence-electron chi connectivity index (χ3n) is 4.72. The molecule has 1 heteroatoms. The lowest BCUT2D eigenvalue weighted by atomic mass is 9.95. The summed E-state index contributed by atoms with van der Waals surface area (Å²) in [6.45, 7) is 0. The van der Waals surface area contributed by atoms with Gasteiger partial charge in [0, 0.05) is 11.7 Å². The van der Waals surface area contributed by atoms with Gasteiger partial charge >= 0.3 is 0 Å². The highest BCUT2D eigenvalue weighted by molar-refractivity contribution is 5.89. The van der Waals surface area contributed by atoms with Crippen molar-refractivity contribution in [2.45, 2.75) is 6.42 Å². The molecule has 0 aliphatic heterocycles. The summed E-state index contributed by atoms with van der Waals surface area (Å²) in [6.07, 6.45) is 3.03. The van der Waals surface area contributed by atoms with Crippen LogP contribution in [0.25, 0.3) is 33.2 Å². The smallest absolute Gasteiger partial charge is 0.0460 e. The van der Waals surface area contributed by atoms with E-state index in [1.54, 1.807) is 0 Å². The molecule has 3 aromatic carbocycles. The predicted octanol–water partition coefficient (Wildman–Crippen LogP) is 5.41. The molecule has 0 bridgehead atoms. The molecule has 0 amide bonds. The topological polar surface area (TPSA) is 15.8 Å². The lowest BCUT2D eigenvalue weighted by molar-refractivity contribution is 1.26. The highest BCUT2D eigenvalue weighted by Crippen LogP contribution is 2.41. The molecule has 1 aliphatic carbocycles. The summed E-state index contributed by atoms with van der Waals surface area (Å²) in [5, 5.41) is 1.26. The molecule has 1 nitrogen and oxygen atoms in total. The summed E-state index contributed by atoms with van der Waals surface area (Å²) in [5.41, 5.74) is 9.51. The number of fused-ring (bicyclic) bond motifs is 4. The van der Waals surface area contributed by atoms with Crippen LogP contribution in [0.15, 0.2) is 72.9 Å². The number of H-pyrrole nitrogens is 1. The maximum absolute atomic E-state index is 3.31. The second-order valence-corrected chi connectivity index (χ2v) is 5.95. The molecule has 4 aromatic rings. The van der Waals surface area contributed by atoms with Crippen molar-refractivity contribution in [3.8, 4) is 22.3 Å². The van der Waals surface area contributed by atoms with Gasteiger partial charge in [0.15, 0.2) is 0 Å². The Morgan fingerprint density at radius 1 is 0.727 bits per heavy atom. The summed E-state index contributed by atoms with van der Waals surface area (Å²) < 4.78 is 0. The normalized spacial score (nSPS) is 12.4. The molecule has 1 aliphatic rings. The molecule has 0 atom stereocenters. The van der Waals surface area contributed by atoms with E-state index < -0.39 is 0 Å². The van der Waals surface area contributed by atoms with E-state index in [2.05, 4.69) is 71.7 Å². The Hall–Kier alpha value is -2.80. The fourth-order valence-corrected chi connectivity index (χ4v) is 3.64. The Bertz CT molecular complexity index is 1010. The van der Waals surface area contributed by atoms with Crippen LogP contribution in [0.3, 0.4) is 0 Å². The summed E-state index contributed by atoms with van der Waals surface area (Å²) in [5.74, 6) is 0. The average Bonchev–Trinajstić information content (AvgIpc) is 3.18. The van der Waals surface area contributed by atoms with Crippen LogP contribution in [0, 0.1) is 0 Å². The molecular weight excluding hydrogens is 266 g/mol. The van der Waals surface area contributed by atoms with Gasteiger partial charge < -0.3 is 4.98 Å². The SMILES string of the molecule is c1ccc2c(c1)Cc1c(-c3ccc4cc[nH]c4c3)cccc1-2. The van der Waals surface area contributed by atoms with Crippen LogP contribution in [-0.2, 0) is 6.42 Å². The Morgan fingerprint density at radius 2 is 1.59 bits per heavy atom. The summed E-state index contributed by atoms with van der Waals surface area (Å²) in [4.78, 5) is 3.31. The minimum atomic E-state index is 1.03. The second kappa shape index (κ2) is 4.35. The highest BCUT2D eigenvalue weighted by Gasteiger charge is 2.20. The van der Waals surface area contributed by atoms with Crippen molar-refractivity contribution >= 4 is 10.9 Å². The predicted molar refractivity (Wildman–Crippen MR) is 92.0 cm³/mol. The molecule has 0 saturated carbocycles. The number of aromatic nitrogens is 1. The zero-order chi connectivity index (χ0) is 14.5. The first-order chi connectivity index (χ1) is 10.9. The summed E-state index contributed by atoms with van der Waals surface area (Å²) >= 11 is 0. The van der Waals surface area contributed by atoms with Crippen LogP contribution in [-0.4, -0.2) is 4.98 Å². The molecule has 0 saturated heterocycles. The van der Waals surface area contributed by atoms with Crippen LogP contribution in [0.2, 0.25) is 0 Å². The van der Waals surface area contributed by atoms with E-state index >= 15 is 0 Å². The van der Waals surface area contributed by atoms with Gasteiger partial charge in [0.25, 0.3) is 0 Å². The van der Waals surface area contributed by atoms with Crippen molar-refractivity contribution in [3.05, 3.63) is 84.1 Å². The molecule has 1 N–H and O–H groups in total. The minimum absolute atomic E-state index is 1.03. The third kappa shape index (κ3) is 1.59. The van der Waals surface area contributed by atoms with Crippen LogP contribution in [0.1, 0.15) is 11.1 Å². The molecular formula is C21H15N. The van der Waals surface area contributed by atoms with Crippen molar-refractivity contribution < 1.29 is 0 Å². The number of rotatable bonds is 1. The van der Waals surface area contributed by atoms with Crippen molar-refractivity contribution in [2.24, 2.45) is 0 Å². The molecule has 104 valence electrons. The maximum atomic E-state index is 3.31. The van der Waals surface area contributed by atoms with Crippen LogP contribution in [0.4, 0.5) is 0 Å². The largest absolute Gasteiger partial charge is 0.361 e. The number of aromatic amines is 1. The Balaban J connectivity index is 1.74. The zero-order valence-electron chi connectivity index (χ0n) is 12.1. The summed E-state index contributed by atoms with van der Waals surface area (Å²) in [7, 11) is 0. The van der Waals surface area contributed by atoms with Crippen LogP contribution < -0.4 is 0 Å². The van der Waals surface area contributed by atoms with Gasteiger partial charge in [-0.25, -0.2) is 0 Å². The van der Waals surface area contributed by atoms with Gasteiger partial charge in [0.2, 0.25) is 0 Å². The van der Waals surface area contributed by atoms with Crippen molar-refractivity contribution in [1.29, 1.82) is 0 Å². The van der Waals surface area contributed by atoms with Crippen molar-refractivity contribution in [3.63, 3.8) is 0 Å². The van der Waals surface area contributed by atoms with Crippen LogP contribution in [0.5, 0.6) is 0 Å². The first-order valence-electron chi connectivity index (χ1n) is 7.68. The molecule has 0 fully saturated rings. The molecule has 0 spiro atoms. The third-order valence-corrected chi connectivity index (χ3v) is 4.72. The highest BCUT2D eigenvalue weighted by atomic mass is 14.7. The quantitative estimate of drug-likeness (QED) is 0.423. The lowest BCUT2D eigenvalue weighted by Crippen LogP contribution is -1.87. The fourth-order valence-electron chi connectivity index (χ4n) is 3.64. The zero-order valence-corrected chi connectivity index (χ0v) is 12.1. The van der Waals surface area contributed by atoms with E-state index in [1.165, 1.54) is 44.3 Å². The molecule has 0 unspecified atom stereocenters. The molecule has 5 rings (SSSR count). The molecule has 0 radical (unpaired) electrons. The number of hydrogen-bond donors (Lipinski definition) is 1. The average molecular weight is 281 g/mol. The summed E-state index contributed by atoms with van der Waals surface area (Å²) in [6, 6.07) is 24.2. The Morgan fingerprint density at radius 3 is 2.59 bits per heavy atom. The molecule has 22 heavy (non-hydrogen) atoms. The monoisotopic (exact) mass is 281 g/mol. The first kappa shape index (κ1) is 11.8. The number of benzene rings is 3. The molecule has 1 aromatic heterocycles. The van der Waals surface area contributed by atoms with E-state index in [9.17, 15) is 0 Å². The van der Waals surface area contributed by atoms with Gasteiger partial charge in [0.1, 0.15) is 0 Å².